The highest BCUT2D eigenvalue weighted by Crippen LogP contribution is 2.41. The number of halogens is 3. The van der Waals surface area contributed by atoms with Gasteiger partial charge in [0.15, 0.2) is 33.1 Å². The quantitative estimate of drug-likeness (QED) is 0.174. The fourth-order valence-corrected chi connectivity index (χ4v) is 11.3. The Labute approximate surface area is 337 Å². The monoisotopic (exact) mass is 874 g/mol. The lowest BCUT2D eigenvalue weighted by atomic mass is 9.79. The molecule has 294 valence electrons. The Kier molecular flexibility index (Phi) is 9.51. The molecule has 1 aliphatic rings. The molecule has 1 atom stereocenters. The summed E-state index contributed by atoms with van der Waals surface area (Å²) in [5.41, 5.74) is -0.208. The summed E-state index contributed by atoms with van der Waals surface area (Å²) in [6, 6.07) is 21.9. The summed E-state index contributed by atoms with van der Waals surface area (Å²) in [5, 5.41) is 9.62. The highest BCUT2D eigenvalue weighted by atomic mass is 79.9. The molecule has 0 radical (unpaired) electrons. The summed E-state index contributed by atoms with van der Waals surface area (Å²) in [7, 11) is -6.24. The van der Waals surface area contributed by atoms with Crippen molar-refractivity contribution < 1.29 is 30.4 Å². The van der Waals surface area contributed by atoms with Gasteiger partial charge >= 0.3 is 0 Å². The molecule has 0 spiro atoms. The van der Waals surface area contributed by atoms with Crippen LogP contribution < -0.4 is 4.74 Å². The van der Waals surface area contributed by atoms with Gasteiger partial charge in [0.25, 0.3) is 10.0 Å². The van der Waals surface area contributed by atoms with Gasteiger partial charge in [-0.2, -0.15) is 10.2 Å². The highest BCUT2D eigenvalue weighted by molar-refractivity contribution is 9.10. The van der Waals surface area contributed by atoms with Crippen LogP contribution in [-0.2, 0) is 44.3 Å². The number of aromatic nitrogens is 6. The van der Waals surface area contributed by atoms with Gasteiger partial charge in [-0.15, -0.1) is 0 Å². The van der Waals surface area contributed by atoms with Crippen LogP contribution in [0.15, 0.2) is 113 Å². The number of nitrogens with zero attached hydrogens (tertiary/aromatic N) is 6. The van der Waals surface area contributed by atoms with Gasteiger partial charge in [-0.1, -0.05) is 60.1 Å². The number of rotatable bonds is 3. The molecular formula is C41H37BrF2N6O5S2. The zero-order valence-electron chi connectivity index (χ0n) is 31.3. The molecule has 6 bridgehead atoms. The Morgan fingerprint density at radius 1 is 0.912 bits per heavy atom. The molecule has 8 rings (SSSR count). The van der Waals surface area contributed by atoms with Crippen molar-refractivity contribution in [3.63, 3.8) is 0 Å². The minimum Gasteiger partial charge on any atom is -0.454 e. The van der Waals surface area contributed by atoms with Gasteiger partial charge in [-0.25, -0.2) is 39.3 Å². The topological polar surface area (TPSA) is 131 Å². The molecule has 11 nitrogen and oxygen atoms in total. The van der Waals surface area contributed by atoms with E-state index in [9.17, 15) is 16.8 Å². The van der Waals surface area contributed by atoms with E-state index in [1.807, 2.05) is 45.0 Å². The summed E-state index contributed by atoms with van der Waals surface area (Å²) < 4.78 is 99.0. The largest absolute Gasteiger partial charge is 0.454 e. The van der Waals surface area contributed by atoms with Gasteiger partial charge in [0.05, 0.1) is 45.6 Å². The number of sulfone groups is 1. The van der Waals surface area contributed by atoms with Crippen LogP contribution in [0.5, 0.6) is 11.5 Å². The molecule has 16 heteroatoms. The second-order valence-corrected chi connectivity index (χ2v) is 20.1. The van der Waals surface area contributed by atoms with E-state index in [-0.39, 0.29) is 69.2 Å². The molecule has 1 unspecified atom stereocenters. The van der Waals surface area contributed by atoms with Crippen molar-refractivity contribution >= 4 is 46.7 Å². The minimum absolute atomic E-state index is 0.0116. The molecule has 1 aliphatic heterocycles. The molecule has 4 heterocycles. The predicted molar refractivity (Wildman–Crippen MR) is 216 cm³/mol. The third kappa shape index (κ3) is 7.07. The van der Waals surface area contributed by atoms with Crippen LogP contribution in [0.25, 0.3) is 22.3 Å². The van der Waals surface area contributed by atoms with Gasteiger partial charge in [0, 0.05) is 46.3 Å². The van der Waals surface area contributed by atoms with Gasteiger partial charge in [-0.3, -0.25) is 4.68 Å². The van der Waals surface area contributed by atoms with Crippen LogP contribution in [-0.4, -0.2) is 56.9 Å². The van der Waals surface area contributed by atoms with Crippen molar-refractivity contribution in [3.8, 4) is 22.9 Å². The first-order chi connectivity index (χ1) is 26.9. The Morgan fingerprint density at radius 3 is 2.44 bits per heavy atom. The number of aryl methyl sites for hydroxylation is 1. The Hall–Kier alpha value is -5.19. The zero-order chi connectivity index (χ0) is 40.5. The fraction of sp³-hybridized carbons (Fsp3) is 0.244. The normalized spacial score (nSPS) is 18.2. The molecule has 4 aromatic carbocycles. The van der Waals surface area contributed by atoms with Crippen molar-refractivity contribution in [2.75, 3.05) is 11.5 Å². The van der Waals surface area contributed by atoms with E-state index in [1.165, 1.54) is 45.9 Å². The molecule has 0 aliphatic carbocycles. The fourth-order valence-electron chi connectivity index (χ4n) is 7.41. The van der Waals surface area contributed by atoms with E-state index in [2.05, 4.69) is 21.0 Å². The van der Waals surface area contributed by atoms with Crippen molar-refractivity contribution in [1.29, 1.82) is 0 Å². The van der Waals surface area contributed by atoms with Gasteiger partial charge in [0.2, 0.25) is 0 Å². The lowest BCUT2D eigenvalue weighted by molar-refractivity contribution is 0.434. The van der Waals surface area contributed by atoms with Gasteiger partial charge in [-0.05, 0) is 73.0 Å². The number of fused-ring (bicyclic) bond motifs is 10. The standard InChI is InChI=1S/C41H37BrF2N6O5S2/c1-40(2)25-56(51,52)18-16-41(3,26-9-8-10-28(42)19-26)39-46-38(48(4)47-39)32-20-29(13-14-34(32)43)55-37-33(24-49-23-27(40)22-45-49)31-15-17-50(36(31)21-35(37)44)57(53,54)30-11-6-5-7-12-30/h5-15,17,19-23H,16,18,24-25H2,1-4H3. The molecule has 57 heavy (non-hydrogen) atoms. The maximum atomic E-state index is 16.6. The highest BCUT2D eigenvalue weighted by Gasteiger charge is 2.38. The first kappa shape index (κ1) is 38.7. The SMILES string of the molecule is Cn1nc2nc1-c1cc(ccc1F)Oc1c(F)cc3c(ccn3S(=O)(=O)c3ccccc3)c1Cn1cc(cn1)C(C)(C)CS(=O)(=O)CCC2(C)c1cccc(Br)c1. The summed E-state index contributed by atoms with van der Waals surface area (Å²) >= 11 is 3.54. The smallest absolute Gasteiger partial charge is 0.268 e. The summed E-state index contributed by atoms with van der Waals surface area (Å²) in [4.78, 5) is 4.84. The molecule has 3 aromatic heterocycles. The number of ether oxygens (including phenoxy) is 1. The summed E-state index contributed by atoms with van der Waals surface area (Å²) in [6.07, 6.45) is 4.75. The van der Waals surface area contributed by atoms with Crippen LogP contribution in [0.1, 0.15) is 49.7 Å². The lowest BCUT2D eigenvalue weighted by Gasteiger charge is -2.29. The summed E-state index contributed by atoms with van der Waals surface area (Å²) in [5.74, 6) is -1.66. The Morgan fingerprint density at radius 2 is 1.68 bits per heavy atom. The van der Waals surface area contributed by atoms with E-state index in [4.69, 9.17) is 14.8 Å². The molecule has 0 saturated carbocycles. The van der Waals surface area contributed by atoms with Crippen LogP contribution in [0.4, 0.5) is 8.78 Å². The maximum absolute atomic E-state index is 16.6. The second kappa shape index (κ2) is 14.0. The van der Waals surface area contributed by atoms with Crippen LogP contribution in [0.2, 0.25) is 0 Å². The van der Waals surface area contributed by atoms with Gasteiger partial charge < -0.3 is 4.74 Å². The van der Waals surface area contributed by atoms with Crippen molar-refractivity contribution in [2.45, 2.75) is 49.5 Å². The van der Waals surface area contributed by atoms with E-state index in [1.54, 1.807) is 43.7 Å². The van der Waals surface area contributed by atoms with E-state index in [0.717, 1.165) is 20.1 Å². The molecule has 7 aromatic rings. The Balaban J connectivity index is 1.33. The molecule has 0 saturated heterocycles. The van der Waals surface area contributed by atoms with Crippen molar-refractivity contribution in [1.82, 2.24) is 28.5 Å². The zero-order valence-corrected chi connectivity index (χ0v) is 34.5. The Bertz CT molecular complexity index is 2930. The van der Waals surface area contributed by atoms with Crippen molar-refractivity contribution in [3.05, 3.63) is 142 Å². The molecular weight excluding hydrogens is 839 g/mol. The predicted octanol–water partition coefficient (Wildman–Crippen LogP) is 8.15. The van der Waals surface area contributed by atoms with E-state index < -0.39 is 42.3 Å². The maximum Gasteiger partial charge on any atom is 0.268 e. The van der Waals surface area contributed by atoms with E-state index in [0.29, 0.717) is 10.9 Å². The minimum atomic E-state index is -4.13. The average Bonchev–Trinajstić information content (AvgIpc) is 3.92. The first-order valence-electron chi connectivity index (χ1n) is 18.0. The third-order valence-electron chi connectivity index (χ3n) is 10.6. The number of hydrogen-bond acceptors (Lipinski definition) is 8. The van der Waals surface area contributed by atoms with Crippen LogP contribution in [0.3, 0.4) is 0 Å². The first-order valence-corrected chi connectivity index (χ1v) is 22.0. The third-order valence-corrected chi connectivity index (χ3v) is 14.8. The van der Waals surface area contributed by atoms with Crippen LogP contribution in [0, 0.1) is 11.6 Å². The van der Waals surface area contributed by atoms with Gasteiger partial charge in [0.1, 0.15) is 11.6 Å². The number of benzene rings is 4. The molecule has 0 N–H and O–H groups in total. The van der Waals surface area contributed by atoms with Crippen molar-refractivity contribution in [2.24, 2.45) is 7.05 Å². The molecule has 0 fully saturated rings. The van der Waals surface area contributed by atoms with Crippen LogP contribution >= 0.6 is 15.9 Å². The summed E-state index contributed by atoms with van der Waals surface area (Å²) in [6.45, 7) is 5.42. The number of hydrogen-bond donors (Lipinski definition) is 0. The second-order valence-electron chi connectivity index (χ2n) is 15.1. The average molecular weight is 876 g/mol. The molecule has 0 amide bonds. The lowest BCUT2D eigenvalue weighted by Crippen LogP contribution is -2.33. The van der Waals surface area contributed by atoms with E-state index >= 15 is 8.78 Å².